The summed E-state index contributed by atoms with van der Waals surface area (Å²) < 4.78 is 3.64. The molecule has 0 spiro atoms. The van der Waals surface area contributed by atoms with Crippen LogP contribution in [0.2, 0.25) is 0 Å². The van der Waals surface area contributed by atoms with E-state index in [2.05, 4.69) is 26.1 Å². The first-order valence-electron chi connectivity index (χ1n) is 9.16. The number of nitrogens with one attached hydrogen (secondary N) is 1. The zero-order valence-corrected chi connectivity index (χ0v) is 18.4. The van der Waals surface area contributed by atoms with Crippen LogP contribution in [0.15, 0.2) is 51.7 Å². The van der Waals surface area contributed by atoms with E-state index in [0.29, 0.717) is 11.8 Å². The number of nitrogens with zero attached hydrogens (tertiary/aromatic N) is 2. The minimum atomic E-state index is -0.0660. The minimum absolute atomic E-state index is 0.0660. The number of fused-ring (bicyclic) bond motifs is 4. The second kappa shape index (κ2) is 8.39. The Morgan fingerprint density at radius 1 is 1.18 bits per heavy atom. The number of pyridine rings is 1. The Hall–Kier alpha value is -1.64. The van der Waals surface area contributed by atoms with Crippen molar-refractivity contribution in [2.24, 2.45) is 5.92 Å². The van der Waals surface area contributed by atoms with E-state index in [9.17, 15) is 9.59 Å². The SMILES string of the molecule is O=C(CSC(=S)N1CC2CC(C1)c1cccc(=O)n1C2)Nc1ccc(Br)cc1. The number of benzene rings is 1. The number of anilines is 1. The smallest absolute Gasteiger partial charge is 0.250 e. The molecule has 2 aromatic rings. The van der Waals surface area contributed by atoms with Gasteiger partial charge >= 0.3 is 0 Å². The molecule has 1 N–H and O–H groups in total. The summed E-state index contributed by atoms with van der Waals surface area (Å²) in [4.78, 5) is 26.6. The fourth-order valence-corrected chi connectivity index (χ4v) is 5.24. The van der Waals surface area contributed by atoms with E-state index < -0.39 is 0 Å². The van der Waals surface area contributed by atoms with Crippen molar-refractivity contribution in [1.82, 2.24) is 9.47 Å². The van der Waals surface area contributed by atoms with Gasteiger partial charge in [0.05, 0.1) is 5.75 Å². The zero-order chi connectivity index (χ0) is 19.7. The summed E-state index contributed by atoms with van der Waals surface area (Å²) in [6, 6.07) is 13.0. The summed E-state index contributed by atoms with van der Waals surface area (Å²) in [5.41, 5.74) is 1.96. The molecule has 4 rings (SSSR count). The van der Waals surface area contributed by atoms with E-state index in [1.807, 2.05) is 41.0 Å². The molecular weight excluding hydrogens is 458 g/mol. The Kier molecular flexibility index (Phi) is 5.89. The molecule has 3 heterocycles. The summed E-state index contributed by atoms with van der Waals surface area (Å²) in [5, 5.41) is 2.89. The number of likely N-dealkylation sites (tertiary alicyclic amines) is 1. The van der Waals surface area contributed by atoms with Gasteiger partial charge in [0.1, 0.15) is 4.32 Å². The van der Waals surface area contributed by atoms with Gasteiger partial charge in [-0.2, -0.15) is 0 Å². The van der Waals surface area contributed by atoms with Crippen molar-refractivity contribution in [1.29, 1.82) is 0 Å². The van der Waals surface area contributed by atoms with Crippen LogP contribution in [0.4, 0.5) is 5.69 Å². The van der Waals surface area contributed by atoms with Crippen molar-refractivity contribution in [2.45, 2.75) is 18.9 Å². The lowest BCUT2D eigenvalue weighted by molar-refractivity contribution is -0.113. The van der Waals surface area contributed by atoms with Gasteiger partial charge < -0.3 is 14.8 Å². The van der Waals surface area contributed by atoms with Gasteiger partial charge in [-0.15, -0.1) is 0 Å². The van der Waals surface area contributed by atoms with Crippen LogP contribution in [-0.4, -0.2) is 38.5 Å². The van der Waals surface area contributed by atoms with Gasteiger partial charge in [0.15, 0.2) is 0 Å². The van der Waals surface area contributed by atoms with Crippen LogP contribution in [0.5, 0.6) is 0 Å². The first-order valence-corrected chi connectivity index (χ1v) is 11.3. The minimum Gasteiger partial charge on any atom is -0.356 e. The fraction of sp³-hybridized carbons (Fsp3) is 0.350. The quantitative estimate of drug-likeness (QED) is 0.683. The lowest BCUT2D eigenvalue weighted by Crippen LogP contribution is -2.48. The molecule has 0 radical (unpaired) electrons. The predicted molar refractivity (Wildman–Crippen MR) is 121 cm³/mol. The van der Waals surface area contributed by atoms with Crippen LogP contribution in [0.1, 0.15) is 18.0 Å². The topological polar surface area (TPSA) is 54.3 Å². The Labute approximate surface area is 181 Å². The molecule has 5 nitrogen and oxygen atoms in total. The van der Waals surface area contributed by atoms with E-state index in [0.717, 1.165) is 46.2 Å². The van der Waals surface area contributed by atoms with E-state index in [4.69, 9.17) is 12.2 Å². The third kappa shape index (κ3) is 4.34. The first kappa shape index (κ1) is 19.7. The first-order chi connectivity index (χ1) is 13.5. The van der Waals surface area contributed by atoms with E-state index in [1.165, 1.54) is 11.8 Å². The molecule has 8 heteroatoms. The van der Waals surface area contributed by atoms with Crippen LogP contribution in [0.25, 0.3) is 0 Å². The van der Waals surface area contributed by atoms with Crippen molar-refractivity contribution < 1.29 is 4.79 Å². The highest BCUT2D eigenvalue weighted by Crippen LogP contribution is 2.36. The van der Waals surface area contributed by atoms with Gasteiger partial charge in [-0.1, -0.05) is 46.0 Å². The average Bonchev–Trinajstić information content (AvgIpc) is 2.68. The molecule has 1 aromatic heterocycles. The molecule has 2 aliphatic heterocycles. The van der Waals surface area contributed by atoms with Gasteiger partial charge in [-0.25, -0.2) is 0 Å². The van der Waals surface area contributed by atoms with Crippen LogP contribution in [0.3, 0.4) is 0 Å². The third-order valence-electron chi connectivity index (χ3n) is 5.19. The lowest BCUT2D eigenvalue weighted by Gasteiger charge is -2.43. The molecule has 28 heavy (non-hydrogen) atoms. The number of rotatable bonds is 3. The molecule has 146 valence electrons. The van der Waals surface area contributed by atoms with Crippen LogP contribution >= 0.6 is 39.9 Å². The summed E-state index contributed by atoms with van der Waals surface area (Å²) in [5.74, 6) is 0.957. The van der Waals surface area contributed by atoms with Crippen molar-refractivity contribution in [3.05, 3.63) is 63.0 Å². The van der Waals surface area contributed by atoms with Gasteiger partial charge in [-0.05, 0) is 42.7 Å². The maximum atomic E-state index is 12.2. The number of carbonyl (C=O) groups excluding carboxylic acids is 1. The molecular formula is C20H20BrN3O2S2. The molecule has 2 unspecified atom stereocenters. The highest BCUT2D eigenvalue weighted by atomic mass is 79.9. The number of piperidine rings is 1. The number of amides is 1. The van der Waals surface area contributed by atoms with Crippen molar-refractivity contribution >= 4 is 55.8 Å². The van der Waals surface area contributed by atoms with Crippen LogP contribution in [-0.2, 0) is 11.3 Å². The molecule has 2 aliphatic rings. The molecule has 1 aromatic carbocycles. The highest BCUT2D eigenvalue weighted by molar-refractivity contribution is 9.10. The second-order valence-corrected chi connectivity index (χ2v) is 9.74. The summed E-state index contributed by atoms with van der Waals surface area (Å²) in [6.45, 7) is 2.40. The molecule has 0 aliphatic carbocycles. The van der Waals surface area contributed by atoms with Crippen molar-refractivity contribution in [3.63, 3.8) is 0 Å². The number of carbonyl (C=O) groups is 1. The normalized spacial score (nSPS) is 20.4. The summed E-state index contributed by atoms with van der Waals surface area (Å²) >= 11 is 10.4. The second-order valence-electron chi connectivity index (χ2n) is 7.21. The number of hydrogen-bond donors (Lipinski definition) is 1. The molecule has 2 bridgehead atoms. The van der Waals surface area contributed by atoms with Crippen molar-refractivity contribution in [2.75, 3.05) is 24.2 Å². The molecule has 2 atom stereocenters. The monoisotopic (exact) mass is 477 g/mol. The lowest BCUT2D eigenvalue weighted by atomic mass is 9.83. The largest absolute Gasteiger partial charge is 0.356 e. The van der Waals surface area contributed by atoms with Crippen LogP contribution in [0, 0.1) is 5.92 Å². The number of hydrogen-bond acceptors (Lipinski definition) is 4. The van der Waals surface area contributed by atoms with Gasteiger partial charge in [-0.3, -0.25) is 9.59 Å². The van der Waals surface area contributed by atoms with Gasteiger partial charge in [0.25, 0.3) is 5.56 Å². The Morgan fingerprint density at radius 3 is 2.75 bits per heavy atom. The Bertz CT molecular complexity index is 961. The number of halogens is 1. The standard InChI is InChI=1S/C20H20BrN3O2S2/c21-15-4-6-16(7-5-15)22-18(25)12-28-20(27)23-9-13-8-14(11-23)17-2-1-3-19(26)24(17)10-13/h1-7,13-14H,8-12H2,(H,22,25). The molecule has 1 saturated heterocycles. The number of thioether (sulfide) groups is 1. The molecule has 1 amide bonds. The zero-order valence-electron chi connectivity index (χ0n) is 15.1. The predicted octanol–water partition coefficient (Wildman–Crippen LogP) is 3.69. The Morgan fingerprint density at radius 2 is 1.96 bits per heavy atom. The highest BCUT2D eigenvalue weighted by Gasteiger charge is 2.35. The van der Waals surface area contributed by atoms with Gasteiger partial charge in [0.2, 0.25) is 5.91 Å². The van der Waals surface area contributed by atoms with E-state index in [-0.39, 0.29) is 17.2 Å². The van der Waals surface area contributed by atoms with Crippen LogP contribution < -0.4 is 10.9 Å². The fourth-order valence-electron chi connectivity index (χ4n) is 3.99. The summed E-state index contributed by atoms with van der Waals surface area (Å²) in [7, 11) is 0. The van der Waals surface area contributed by atoms with E-state index in [1.54, 1.807) is 6.07 Å². The third-order valence-corrected chi connectivity index (χ3v) is 7.24. The maximum Gasteiger partial charge on any atom is 0.250 e. The Balaban J connectivity index is 1.34. The average molecular weight is 478 g/mol. The molecule has 0 saturated carbocycles. The maximum absolute atomic E-state index is 12.2. The van der Waals surface area contributed by atoms with Crippen molar-refractivity contribution in [3.8, 4) is 0 Å². The molecule has 1 fully saturated rings. The van der Waals surface area contributed by atoms with Gasteiger partial charge in [0, 0.05) is 47.5 Å². The number of aromatic nitrogens is 1. The van der Waals surface area contributed by atoms with E-state index >= 15 is 0 Å². The summed E-state index contributed by atoms with van der Waals surface area (Å²) in [6.07, 6.45) is 1.09. The number of thiocarbonyl (C=S) groups is 1.